The number of likely N-dealkylation sites (tertiary alicyclic amines) is 1. The van der Waals surface area contributed by atoms with Crippen molar-refractivity contribution in [1.29, 1.82) is 0 Å². The Bertz CT molecular complexity index is 234. The number of amides is 1. The third-order valence-corrected chi connectivity index (χ3v) is 3.75. The predicted octanol–water partition coefficient (Wildman–Crippen LogP) is 1.66. The van der Waals surface area contributed by atoms with E-state index in [1.165, 1.54) is 6.42 Å². The monoisotopic (exact) mass is 256 g/mol. The summed E-state index contributed by atoms with van der Waals surface area (Å²) in [5.74, 6) is 0.226. The van der Waals surface area contributed by atoms with Gasteiger partial charge in [0.15, 0.2) is 0 Å². The first-order chi connectivity index (χ1) is 8.79. The van der Waals surface area contributed by atoms with Crippen LogP contribution in [-0.2, 0) is 4.79 Å². The lowest BCUT2D eigenvalue weighted by Gasteiger charge is -2.28. The molecule has 0 saturated carbocycles. The molecule has 1 amide bonds. The van der Waals surface area contributed by atoms with Gasteiger partial charge in [0.2, 0.25) is 5.91 Å². The number of hydrogen-bond acceptors (Lipinski definition) is 3. The molecule has 0 aromatic carbocycles. The smallest absolute Gasteiger partial charge is 0.222 e. The summed E-state index contributed by atoms with van der Waals surface area (Å²) in [6.45, 7) is 1.68. The summed E-state index contributed by atoms with van der Waals surface area (Å²) in [6, 6.07) is 0.0593. The number of carbonyl (C=O) groups is 1. The van der Waals surface area contributed by atoms with Crippen LogP contribution < -0.4 is 5.73 Å². The molecule has 1 saturated heterocycles. The molecule has 1 aliphatic heterocycles. The Balaban J connectivity index is 2.28. The Morgan fingerprint density at radius 2 is 1.94 bits per heavy atom. The summed E-state index contributed by atoms with van der Waals surface area (Å²) >= 11 is 0. The molecule has 0 bridgehead atoms. The van der Waals surface area contributed by atoms with Gasteiger partial charge in [0, 0.05) is 13.0 Å². The molecular formula is C14H28N2O2. The molecule has 0 radical (unpaired) electrons. The fraction of sp³-hybridized carbons (Fsp3) is 0.929. The van der Waals surface area contributed by atoms with Crippen molar-refractivity contribution in [3.05, 3.63) is 0 Å². The van der Waals surface area contributed by atoms with E-state index in [-0.39, 0.29) is 18.6 Å². The zero-order valence-corrected chi connectivity index (χ0v) is 11.4. The molecule has 0 aromatic rings. The van der Waals surface area contributed by atoms with E-state index in [4.69, 9.17) is 5.73 Å². The Morgan fingerprint density at radius 1 is 1.17 bits per heavy atom. The van der Waals surface area contributed by atoms with Gasteiger partial charge in [-0.25, -0.2) is 0 Å². The highest BCUT2D eigenvalue weighted by Crippen LogP contribution is 2.18. The van der Waals surface area contributed by atoms with Crippen molar-refractivity contribution in [2.45, 2.75) is 63.8 Å². The molecule has 1 rings (SSSR count). The second-order valence-electron chi connectivity index (χ2n) is 5.23. The highest BCUT2D eigenvalue weighted by molar-refractivity contribution is 5.76. The van der Waals surface area contributed by atoms with E-state index in [2.05, 4.69) is 0 Å². The van der Waals surface area contributed by atoms with Crippen molar-refractivity contribution in [2.75, 3.05) is 19.7 Å². The van der Waals surface area contributed by atoms with Crippen LogP contribution in [0.2, 0.25) is 0 Å². The van der Waals surface area contributed by atoms with Crippen LogP contribution >= 0.6 is 0 Å². The first-order valence-electron chi connectivity index (χ1n) is 7.40. The van der Waals surface area contributed by atoms with Crippen LogP contribution in [0, 0.1) is 0 Å². The molecule has 1 unspecified atom stereocenters. The van der Waals surface area contributed by atoms with Gasteiger partial charge in [0.1, 0.15) is 0 Å². The topological polar surface area (TPSA) is 66.6 Å². The number of nitrogens with two attached hydrogens (primary N) is 1. The Morgan fingerprint density at radius 3 is 2.67 bits per heavy atom. The summed E-state index contributed by atoms with van der Waals surface area (Å²) in [6.07, 6.45) is 9.17. The van der Waals surface area contributed by atoms with Crippen LogP contribution in [0.5, 0.6) is 0 Å². The molecule has 1 atom stereocenters. The minimum absolute atomic E-state index is 0.0593. The van der Waals surface area contributed by atoms with Gasteiger partial charge in [-0.2, -0.15) is 0 Å². The quantitative estimate of drug-likeness (QED) is 0.681. The Labute approximate surface area is 111 Å². The summed E-state index contributed by atoms with van der Waals surface area (Å²) < 4.78 is 0. The first kappa shape index (κ1) is 15.4. The maximum Gasteiger partial charge on any atom is 0.222 e. The Kier molecular flexibility index (Phi) is 8.01. The summed E-state index contributed by atoms with van der Waals surface area (Å²) in [4.78, 5) is 14.1. The molecule has 1 heterocycles. The number of aliphatic hydroxyl groups excluding tert-OH is 1. The van der Waals surface area contributed by atoms with E-state index < -0.39 is 0 Å². The van der Waals surface area contributed by atoms with Crippen molar-refractivity contribution in [3.8, 4) is 0 Å². The lowest BCUT2D eigenvalue weighted by Crippen LogP contribution is -2.42. The van der Waals surface area contributed by atoms with Crippen LogP contribution in [0.4, 0.5) is 0 Å². The van der Waals surface area contributed by atoms with Crippen molar-refractivity contribution in [3.63, 3.8) is 0 Å². The second-order valence-corrected chi connectivity index (χ2v) is 5.23. The minimum Gasteiger partial charge on any atom is -0.394 e. The summed E-state index contributed by atoms with van der Waals surface area (Å²) in [5, 5.41) is 9.37. The minimum atomic E-state index is 0.0593. The van der Waals surface area contributed by atoms with Crippen molar-refractivity contribution < 1.29 is 9.90 Å². The molecule has 0 aliphatic carbocycles. The third-order valence-electron chi connectivity index (χ3n) is 3.75. The number of rotatable bonds is 7. The molecule has 0 aromatic heterocycles. The van der Waals surface area contributed by atoms with Gasteiger partial charge in [0.05, 0.1) is 12.6 Å². The van der Waals surface area contributed by atoms with E-state index in [1.807, 2.05) is 4.90 Å². The van der Waals surface area contributed by atoms with Crippen molar-refractivity contribution >= 4 is 5.91 Å². The molecule has 3 N–H and O–H groups in total. The lowest BCUT2D eigenvalue weighted by molar-refractivity contribution is -0.134. The van der Waals surface area contributed by atoms with Gasteiger partial charge < -0.3 is 15.7 Å². The molecule has 4 heteroatoms. The van der Waals surface area contributed by atoms with Gasteiger partial charge in [0.25, 0.3) is 0 Å². The predicted molar refractivity (Wildman–Crippen MR) is 73.2 cm³/mol. The second kappa shape index (κ2) is 9.34. The molecule has 4 nitrogen and oxygen atoms in total. The number of carbonyl (C=O) groups excluding carboxylic acids is 1. The van der Waals surface area contributed by atoms with E-state index in [0.29, 0.717) is 6.42 Å². The third kappa shape index (κ3) is 5.36. The molecule has 106 valence electrons. The van der Waals surface area contributed by atoms with Gasteiger partial charge in [-0.1, -0.05) is 25.7 Å². The number of hydrogen-bond donors (Lipinski definition) is 2. The average Bonchev–Trinajstić information content (AvgIpc) is 2.63. The number of aliphatic hydroxyl groups is 1. The maximum atomic E-state index is 12.1. The SMILES string of the molecule is NCCCCCCC(=O)N1CCCCCC1CO. The van der Waals surface area contributed by atoms with Crippen LogP contribution in [0.1, 0.15) is 57.8 Å². The van der Waals surface area contributed by atoms with Crippen molar-refractivity contribution in [2.24, 2.45) is 5.73 Å². The van der Waals surface area contributed by atoms with Crippen LogP contribution in [0.15, 0.2) is 0 Å². The standard InChI is InChI=1S/C14H28N2O2/c15-10-6-2-1-5-9-14(18)16-11-7-3-4-8-13(16)12-17/h13,17H,1-12,15H2. The van der Waals surface area contributed by atoms with E-state index in [1.54, 1.807) is 0 Å². The van der Waals surface area contributed by atoms with Crippen LogP contribution in [0.25, 0.3) is 0 Å². The molecule has 0 spiro atoms. The zero-order valence-electron chi connectivity index (χ0n) is 11.4. The van der Waals surface area contributed by atoms with Gasteiger partial charge in [-0.15, -0.1) is 0 Å². The zero-order chi connectivity index (χ0) is 13.2. The number of unbranched alkanes of at least 4 members (excludes halogenated alkanes) is 3. The fourth-order valence-corrected chi connectivity index (χ4v) is 2.61. The maximum absolute atomic E-state index is 12.1. The molecule has 1 fully saturated rings. The molecule has 18 heavy (non-hydrogen) atoms. The van der Waals surface area contributed by atoms with E-state index >= 15 is 0 Å². The molecular weight excluding hydrogens is 228 g/mol. The average molecular weight is 256 g/mol. The van der Waals surface area contributed by atoms with Crippen molar-refractivity contribution in [1.82, 2.24) is 4.90 Å². The molecule has 1 aliphatic rings. The highest BCUT2D eigenvalue weighted by atomic mass is 16.3. The van der Waals surface area contributed by atoms with Gasteiger partial charge in [-0.05, 0) is 32.2 Å². The van der Waals surface area contributed by atoms with Gasteiger partial charge in [-0.3, -0.25) is 4.79 Å². The summed E-state index contributed by atoms with van der Waals surface area (Å²) in [7, 11) is 0. The van der Waals surface area contributed by atoms with E-state index in [9.17, 15) is 9.90 Å². The largest absolute Gasteiger partial charge is 0.394 e. The van der Waals surface area contributed by atoms with Crippen LogP contribution in [-0.4, -0.2) is 41.7 Å². The normalized spacial score (nSPS) is 20.8. The fourth-order valence-electron chi connectivity index (χ4n) is 2.61. The lowest BCUT2D eigenvalue weighted by atomic mass is 10.1. The Hall–Kier alpha value is -0.610. The summed E-state index contributed by atoms with van der Waals surface area (Å²) in [5.41, 5.74) is 5.44. The van der Waals surface area contributed by atoms with Crippen LogP contribution in [0.3, 0.4) is 0 Å². The number of nitrogens with zero attached hydrogens (tertiary/aromatic N) is 1. The first-order valence-corrected chi connectivity index (χ1v) is 7.40. The highest BCUT2D eigenvalue weighted by Gasteiger charge is 2.23. The van der Waals surface area contributed by atoms with E-state index in [0.717, 1.165) is 58.0 Å². The van der Waals surface area contributed by atoms with Gasteiger partial charge >= 0.3 is 0 Å².